The molecule has 1 amide bonds. The molecule has 1 atom stereocenters. The molecule has 154 valence electrons. The summed E-state index contributed by atoms with van der Waals surface area (Å²) in [5, 5.41) is 0.473. The Morgan fingerprint density at radius 1 is 0.967 bits per heavy atom. The van der Waals surface area contributed by atoms with Gasteiger partial charge >= 0.3 is 0 Å². The Hall–Kier alpha value is -2.83. The molecule has 1 heterocycles. The number of anilines is 1. The topological polar surface area (TPSA) is 63.7 Å². The summed E-state index contributed by atoms with van der Waals surface area (Å²) in [7, 11) is -2.06. The van der Waals surface area contributed by atoms with Crippen LogP contribution in [-0.2, 0) is 14.6 Å². The van der Waals surface area contributed by atoms with Gasteiger partial charge in [0.1, 0.15) is 5.75 Å². The number of rotatable bonds is 5. The summed E-state index contributed by atoms with van der Waals surface area (Å²) in [6, 6.07) is 20.0. The SMILES string of the molecule is COc1cccc(C2CCC(=O)N2c2ccc(S(=O)(=O)c3ccc(Cl)cc3)cc2)c1. The third kappa shape index (κ3) is 3.80. The molecule has 30 heavy (non-hydrogen) atoms. The molecule has 3 aromatic carbocycles. The lowest BCUT2D eigenvalue weighted by Crippen LogP contribution is -2.27. The summed E-state index contributed by atoms with van der Waals surface area (Å²) in [6.45, 7) is 0. The van der Waals surface area contributed by atoms with Crippen molar-refractivity contribution < 1.29 is 17.9 Å². The quantitative estimate of drug-likeness (QED) is 0.555. The molecule has 1 unspecified atom stereocenters. The Morgan fingerprint density at radius 3 is 2.23 bits per heavy atom. The normalized spacial score (nSPS) is 16.7. The molecule has 5 nitrogen and oxygen atoms in total. The van der Waals surface area contributed by atoms with E-state index in [1.54, 1.807) is 36.3 Å². The third-order valence-corrected chi connectivity index (χ3v) is 7.28. The highest BCUT2D eigenvalue weighted by atomic mass is 35.5. The van der Waals surface area contributed by atoms with E-state index in [-0.39, 0.29) is 21.7 Å². The van der Waals surface area contributed by atoms with Crippen molar-refractivity contribution in [2.75, 3.05) is 12.0 Å². The number of hydrogen-bond acceptors (Lipinski definition) is 4. The second kappa shape index (κ2) is 8.13. The van der Waals surface area contributed by atoms with Crippen LogP contribution in [0.1, 0.15) is 24.4 Å². The zero-order valence-corrected chi connectivity index (χ0v) is 17.9. The van der Waals surface area contributed by atoms with Gasteiger partial charge in [0.05, 0.1) is 22.9 Å². The highest BCUT2D eigenvalue weighted by molar-refractivity contribution is 7.91. The first kappa shape index (κ1) is 20.4. The second-order valence-corrected chi connectivity index (χ2v) is 9.43. The van der Waals surface area contributed by atoms with Crippen LogP contribution in [0.5, 0.6) is 5.75 Å². The van der Waals surface area contributed by atoms with Gasteiger partial charge in [0.2, 0.25) is 15.7 Å². The van der Waals surface area contributed by atoms with Crippen LogP contribution in [0.4, 0.5) is 5.69 Å². The number of hydrogen-bond donors (Lipinski definition) is 0. The summed E-state index contributed by atoms with van der Waals surface area (Å²) in [5.74, 6) is 0.743. The van der Waals surface area contributed by atoms with Crippen LogP contribution < -0.4 is 9.64 Å². The number of nitrogens with zero attached hydrogens (tertiary/aromatic N) is 1. The number of sulfone groups is 1. The number of halogens is 1. The Labute approximate surface area is 180 Å². The smallest absolute Gasteiger partial charge is 0.227 e. The van der Waals surface area contributed by atoms with Crippen LogP contribution in [0, 0.1) is 0 Å². The lowest BCUT2D eigenvalue weighted by Gasteiger charge is -2.26. The summed E-state index contributed by atoms with van der Waals surface area (Å²) < 4.78 is 31.0. The molecule has 0 N–H and O–H groups in total. The molecule has 0 saturated carbocycles. The largest absolute Gasteiger partial charge is 0.497 e. The molecule has 4 rings (SSSR count). The van der Waals surface area contributed by atoms with Gasteiger partial charge in [-0.15, -0.1) is 0 Å². The predicted octanol–water partition coefficient (Wildman–Crippen LogP) is 5.05. The minimum absolute atomic E-state index is 0.0103. The highest BCUT2D eigenvalue weighted by Crippen LogP contribution is 2.38. The Balaban J connectivity index is 1.65. The summed E-state index contributed by atoms with van der Waals surface area (Å²) in [5.41, 5.74) is 1.65. The van der Waals surface area contributed by atoms with E-state index in [0.29, 0.717) is 23.6 Å². The van der Waals surface area contributed by atoms with Crippen molar-refractivity contribution in [3.63, 3.8) is 0 Å². The lowest BCUT2D eigenvalue weighted by atomic mass is 10.0. The molecule has 1 aliphatic rings. The molecule has 0 bridgehead atoms. The third-order valence-electron chi connectivity index (χ3n) is 5.24. The molecule has 7 heteroatoms. The molecule has 0 aliphatic carbocycles. The van der Waals surface area contributed by atoms with Crippen molar-refractivity contribution in [2.45, 2.75) is 28.7 Å². The van der Waals surface area contributed by atoms with Crippen LogP contribution in [-0.4, -0.2) is 21.4 Å². The van der Waals surface area contributed by atoms with Crippen molar-refractivity contribution in [2.24, 2.45) is 0 Å². The Morgan fingerprint density at radius 2 is 1.60 bits per heavy atom. The molecule has 0 radical (unpaired) electrons. The van der Waals surface area contributed by atoms with Crippen LogP contribution in [0.15, 0.2) is 82.6 Å². The van der Waals surface area contributed by atoms with Gasteiger partial charge in [-0.2, -0.15) is 0 Å². The van der Waals surface area contributed by atoms with E-state index in [4.69, 9.17) is 16.3 Å². The van der Waals surface area contributed by atoms with Crippen LogP contribution in [0.2, 0.25) is 5.02 Å². The maximum Gasteiger partial charge on any atom is 0.227 e. The summed E-state index contributed by atoms with van der Waals surface area (Å²) >= 11 is 5.86. The van der Waals surface area contributed by atoms with Gasteiger partial charge < -0.3 is 9.64 Å². The molecule has 1 saturated heterocycles. The van der Waals surface area contributed by atoms with Crippen molar-refractivity contribution >= 4 is 33.0 Å². The number of amides is 1. The fourth-order valence-corrected chi connectivity index (χ4v) is 5.09. The number of carbonyl (C=O) groups excluding carboxylic acids is 1. The van der Waals surface area contributed by atoms with E-state index in [1.165, 1.54) is 24.3 Å². The van der Waals surface area contributed by atoms with Gasteiger partial charge in [0, 0.05) is 17.1 Å². The van der Waals surface area contributed by atoms with Crippen LogP contribution in [0.3, 0.4) is 0 Å². The number of methoxy groups -OCH3 is 1. The standard InChI is InChI=1S/C23H20ClNO4S/c1-29-19-4-2-3-16(15-19)22-13-14-23(26)25(22)18-7-11-21(12-8-18)30(27,28)20-9-5-17(24)6-10-20/h2-12,15,22H,13-14H2,1H3. The number of ether oxygens (including phenoxy) is 1. The Bertz CT molecular complexity index is 1170. The van der Waals surface area contributed by atoms with E-state index in [1.807, 2.05) is 24.3 Å². The molecular weight excluding hydrogens is 422 g/mol. The maximum atomic E-state index is 12.9. The van der Waals surface area contributed by atoms with Gasteiger partial charge in [-0.05, 0) is 72.6 Å². The zero-order chi connectivity index (χ0) is 21.3. The van der Waals surface area contributed by atoms with E-state index >= 15 is 0 Å². The predicted molar refractivity (Wildman–Crippen MR) is 116 cm³/mol. The van der Waals surface area contributed by atoms with E-state index in [0.717, 1.165) is 11.3 Å². The average molecular weight is 442 g/mol. The summed E-state index contributed by atoms with van der Waals surface area (Å²) in [4.78, 5) is 14.7. The van der Waals surface area contributed by atoms with Gasteiger partial charge in [0.15, 0.2) is 0 Å². The van der Waals surface area contributed by atoms with Gasteiger partial charge in [0.25, 0.3) is 0 Å². The maximum absolute atomic E-state index is 12.9. The van der Waals surface area contributed by atoms with Crippen molar-refractivity contribution in [3.05, 3.63) is 83.4 Å². The minimum Gasteiger partial charge on any atom is -0.497 e. The van der Waals surface area contributed by atoms with Crippen molar-refractivity contribution in [1.29, 1.82) is 0 Å². The molecule has 0 aromatic heterocycles. The number of benzene rings is 3. The van der Waals surface area contributed by atoms with E-state index in [2.05, 4.69) is 0 Å². The molecule has 1 aliphatic heterocycles. The van der Waals surface area contributed by atoms with Crippen molar-refractivity contribution in [3.8, 4) is 5.75 Å². The fourth-order valence-electron chi connectivity index (χ4n) is 3.71. The van der Waals surface area contributed by atoms with Crippen LogP contribution >= 0.6 is 11.6 Å². The first-order valence-electron chi connectivity index (χ1n) is 9.47. The van der Waals surface area contributed by atoms with E-state index < -0.39 is 9.84 Å². The Kier molecular flexibility index (Phi) is 5.54. The minimum atomic E-state index is -3.66. The highest BCUT2D eigenvalue weighted by Gasteiger charge is 2.33. The summed E-state index contributed by atoms with van der Waals surface area (Å²) in [6.07, 6.45) is 1.13. The molecule has 3 aromatic rings. The first-order chi connectivity index (χ1) is 14.4. The average Bonchev–Trinajstić information content (AvgIpc) is 3.15. The van der Waals surface area contributed by atoms with Gasteiger partial charge in [-0.25, -0.2) is 8.42 Å². The number of carbonyl (C=O) groups is 1. The zero-order valence-electron chi connectivity index (χ0n) is 16.3. The van der Waals surface area contributed by atoms with E-state index in [9.17, 15) is 13.2 Å². The fraction of sp³-hybridized carbons (Fsp3) is 0.174. The second-order valence-electron chi connectivity index (χ2n) is 7.05. The van der Waals surface area contributed by atoms with Crippen molar-refractivity contribution in [1.82, 2.24) is 0 Å². The monoisotopic (exact) mass is 441 g/mol. The first-order valence-corrected chi connectivity index (χ1v) is 11.3. The molecule has 0 spiro atoms. The lowest BCUT2D eigenvalue weighted by molar-refractivity contribution is -0.117. The van der Waals surface area contributed by atoms with Gasteiger partial charge in [-0.3, -0.25) is 4.79 Å². The molecular formula is C23H20ClNO4S. The molecule has 1 fully saturated rings. The van der Waals surface area contributed by atoms with Crippen LogP contribution in [0.25, 0.3) is 0 Å². The van der Waals surface area contributed by atoms with Gasteiger partial charge in [-0.1, -0.05) is 23.7 Å².